The van der Waals surface area contributed by atoms with E-state index in [0.717, 1.165) is 10.5 Å². The number of methoxy groups -OCH3 is 1. The first-order valence-electron chi connectivity index (χ1n) is 11.8. The molecule has 38 heavy (non-hydrogen) atoms. The molecule has 1 saturated heterocycles. The maximum Gasteiger partial charge on any atom is 0.329 e. The minimum absolute atomic E-state index is 0.00318. The minimum atomic E-state index is -0.713. The predicted molar refractivity (Wildman–Crippen MR) is 143 cm³/mol. The van der Waals surface area contributed by atoms with E-state index in [1.165, 1.54) is 13.2 Å². The third-order valence-corrected chi connectivity index (χ3v) is 5.79. The second-order valence-electron chi connectivity index (χ2n) is 8.17. The van der Waals surface area contributed by atoms with Crippen molar-refractivity contribution in [3.63, 3.8) is 0 Å². The molecular weight excluding hydrogens is 510 g/mol. The molecule has 0 unspecified atom stereocenters. The Kier molecular flexibility index (Phi) is 8.50. The van der Waals surface area contributed by atoms with Crippen LogP contribution in [-0.4, -0.2) is 43.0 Å². The van der Waals surface area contributed by atoms with Crippen LogP contribution in [0.1, 0.15) is 18.1 Å². The number of nitrogens with zero attached hydrogens (tertiary/aromatic N) is 1. The van der Waals surface area contributed by atoms with Crippen LogP contribution in [0.25, 0.3) is 6.08 Å². The number of carbonyl (C=O) groups excluding carboxylic acids is 3. The highest BCUT2D eigenvalue weighted by molar-refractivity contribution is 6.32. The third-order valence-electron chi connectivity index (χ3n) is 5.51. The van der Waals surface area contributed by atoms with Crippen LogP contribution in [-0.2, 0) is 16.2 Å². The lowest BCUT2D eigenvalue weighted by atomic mass is 10.1. The van der Waals surface area contributed by atoms with E-state index in [2.05, 4.69) is 10.6 Å². The first-order valence-corrected chi connectivity index (χ1v) is 12.2. The second kappa shape index (κ2) is 12.2. The Morgan fingerprint density at radius 2 is 1.76 bits per heavy atom. The van der Waals surface area contributed by atoms with Gasteiger partial charge in [0, 0.05) is 0 Å². The summed E-state index contributed by atoms with van der Waals surface area (Å²) in [5.41, 5.74) is 1.90. The monoisotopic (exact) mass is 535 g/mol. The van der Waals surface area contributed by atoms with Crippen LogP contribution in [0.5, 0.6) is 17.2 Å². The van der Waals surface area contributed by atoms with E-state index in [-0.39, 0.29) is 10.7 Å². The van der Waals surface area contributed by atoms with Gasteiger partial charge in [-0.3, -0.25) is 9.59 Å². The Hall–Kier alpha value is -4.50. The number of anilines is 1. The molecule has 0 saturated carbocycles. The van der Waals surface area contributed by atoms with Crippen molar-refractivity contribution in [2.45, 2.75) is 13.5 Å². The average molecular weight is 536 g/mol. The number of carbonyl (C=O) groups is 3. The van der Waals surface area contributed by atoms with Crippen molar-refractivity contribution in [2.75, 3.05) is 25.6 Å². The Balaban J connectivity index is 1.49. The number of halogens is 1. The fourth-order valence-corrected chi connectivity index (χ4v) is 4.04. The number of hydrogen-bond acceptors (Lipinski definition) is 6. The van der Waals surface area contributed by atoms with Crippen LogP contribution in [0.3, 0.4) is 0 Å². The number of rotatable bonds is 10. The van der Waals surface area contributed by atoms with E-state index < -0.39 is 24.4 Å². The summed E-state index contributed by atoms with van der Waals surface area (Å²) < 4.78 is 16.9. The fourth-order valence-electron chi connectivity index (χ4n) is 3.77. The zero-order valence-electron chi connectivity index (χ0n) is 20.8. The van der Waals surface area contributed by atoms with Gasteiger partial charge in [0.15, 0.2) is 11.5 Å². The molecule has 3 aromatic rings. The zero-order valence-corrected chi connectivity index (χ0v) is 21.6. The lowest BCUT2D eigenvalue weighted by Gasteiger charge is -2.15. The van der Waals surface area contributed by atoms with E-state index in [1.54, 1.807) is 36.4 Å². The summed E-state index contributed by atoms with van der Waals surface area (Å²) in [5, 5.41) is 5.43. The quantitative estimate of drug-likeness (QED) is 0.284. The molecule has 3 aromatic carbocycles. The van der Waals surface area contributed by atoms with Crippen LogP contribution >= 0.6 is 11.6 Å². The van der Waals surface area contributed by atoms with E-state index >= 15 is 0 Å². The molecule has 1 aliphatic rings. The molecule has 0 aromatic heterocycles. The maximum absolute atomic E-state index is 12.9. The van der Waals surface area contributed by atoms with Crippen LogP contribution in [0.2, 0.25) is 5.02 Å². The number of nitrogens with one attached hydrogen (secondary N) is 2. The van der Waals surface area contributed by atoms with Crippen molar-refractivity contribution >= 4 is 41.2 Å². The first-order chi connectivity index (χ1) is 18.4. The number of hydrogen-bond donors (Lipinski definition) is 2. The molecule has 4 amide bonds. The molecule has 1 heterocycles. The molecule has 9 nitrogen and oxygen atoms in total. The summed E-state index contributed by atoms with van der Waals surface area (Å²) in [5.74, 6) is 0.0184. The lowest BCUT2D eigenvalue weighted by molar-refractivity contribution is -0.127. The summed E-state index contributed by atoms with van der Waals surface area (Å²) in [4.78, 5) is 38.8. The molecule has 1 fully saturated rings. The Morgan fingerprint density at radius 1 is 1.03 bits per heavy atom. The zero-order chi connectivity index (χ0) is 27.1. The molecule has 1 aliphatic heterocycles. The standard InChI is InChI=1S/C28H26ClN3O6/c1-3-37-24-15-19(13-20(29)26(24)38-17-18-9-5-4-6-10-18)14-22-27(34)32(28(35)31-22)16-25(33)30-21-11-7-8-12-23(21)36-2/h4-15H,3,16-17H2,1-2H3,(H,30,33)(H,31,35)/b22-14+. The molecule has 0 spiro atoms. The largest absolute Gasteiger partial charge is 0.495 e. The smallest absolute Gasteiger partial charge is 0.329 e. The highest BCUT2D eigenvalue weighted by Crippen LogP contribution is 2.38. The van der Waals surface area contributed by atoms with E-state index in [4.69, 9.17) is 25.8 Å². The topological polar surface area (TPSA) is 106 Å². The van der Waals surface area contributed by atoms with Gasteiger partial charge in [-0.05, 0) is 48.4 Å². The van der Waals surface area contributed by atoms with Gasteiger partial charge in [-0.15, -0.1) is 0 Å². The van der Waals surface area contributed by atoms with Crippen molar-refractivity contribution in [1.82, 2.24) is 10.2 Å². The SMILES string of the molecule is CCOc1cc(/C=C2/NC(=O)N(CC(=O)Nc3ccccc3OC)C2=O)cc(Cl)c1OCc1ccccc1. The molecule has 10 heteroatoms. The molecule has 0 atom stereocenters. The number of para-hydroxylation sites is 2. The number of ether oxygens (including phenoxy) is 3. The van der Waals surface area contributed by atoms with Crippen LogP contribution in [0.4, 0.5) is 10.5 Å². The number of amides is 4. The van der Waals surface area contributed by atoms with Crippen LogP contribution in [0.15, 0.2) is 72.4 Å². The van der Waals surface area contributed by atoms with Crippen molar-refractivity contribution < 1.29 is 28.6 Å². The number of urea groups is 1. The van der Waals surface area contributed by atoms with Gasteiger partial charge in [0.2, 0.25) is 5.91 Å². The van der Waals surface area contributed by atoms with Gasteiger partial charge in [-0.2, -0.15) is 0 Å². The van der Waals surface area contributed by atoms with Gasteiger partial charge in [0.05, 0.1) is 24.4 Å². The van der Waals surface area contributed by atoms with Crippen molar-refractivity contribution in [2.24, 2.45) is 0 Å². The molecule has 0 bridgehead atoms. The van der Waals surface area contributed by atoms with Crippen molar-refractivity contribution in [1.29, 1.82) is 0 Å². The van der Waals surface area contributed by atoms with E-state index in [9.17, 15) is 14.4 Å². The summed E-state index contributed by atoms with van der Waals surface area (Å²) in [7, 11) is 1.48. The van der Waals surface area contributed by atoms with Crippen molar-refractivity contribution in [3.8, 4) is 17.2 Å². The Morgan fingerprint density at radius 3 is 2.50 bits per heavy atom. The van der Waals surface area contributed by atoms with Gasteiger partial charge in [0.1, 0.15) is 24.6 Å². The molecule has 4 rings (SSSR count). The van der Waals surface area contributed by atoms with E-state index in [0.29, 0.717) is 41.7 Å². The molecule has 0 radical (unpaired) electrons. The van der Waals surface area contributed by atoms with Gasteiger partial charge in [-0.1, -0.05) is 54.1 Å². The first kappa shape index (κ1) is 26.6. The Labute approximate surface area is 224 Å². The Bertz CT molecular complexity index is 1380. The van der Waals surface area contributed by atoms with Crippen LogP contribution in [0, 0.1) is 0 Å². The molecule has 2 N–H and O–H groups in total. The summed E-state index contributed by atoms with van der Waals surface area (Å²) in [6.45, 7) is 2.01. The second-order valence-corrected chi connectivity index (χ2v) is 8.57. The number of benzene rings is 3. The van der Waals surface area contributed by atoms with Gasteiger partial charge < -0.3 is 24.8 Å². The maximum atomic E-state index is 12.9. The molecule has 0 aliphatic carbocycles. The van der Waals surface area contributed by atoms with Gasteiger partial charge in [-0.25, -0.2) is 9.69 Å². The molecule has 196 valence electrons. The average Bonchev–Trinajstić information content (AvgIpc) is 3.16. The summed E-state index contributed by atoms with van der Waals surface area (Å²) in [6, 6.07) is 19.0. The lowest BCUT2D eigenvalue weighted by Crippen LogP contribution is -2.38. The minimum Gasteiger partial charge on any atom is -0.495 e. The normalized spacial score (nSPS) is 13.9. The summed E-state index contributed by atoms with van der Waals surface area (Å²) >= 11 is 6.51. The van der Waals surface area contributed by atoms with Crippen LogP contribution < -0.4 is 24.8 Å². The third kappa shape index (κ3) is 6.24. The predicted octanol–water partition coefficient (Wildman–Crippen LogP) is 4.86. The number of imide groups is 1. The van der Waals surface area contributed by atoms with Gasteiger partial charge >= 0.3 is 6.03 Å². The van der Waals surface area contributed by atoms with Gasteiger partial charge in [0.25, 0.3) is 5.91 Å². The summed E-state index contributed by atoms with van der Waals surface area (Å²) in [6.07, 6.45) is 1.47. The van der Waals surface area contributed by atoms with Crippen molar-refractivity contribution in [3.05, 3.63) is 88.6 Å². The van der Waals surface area contributed by atoms with E-state index in [1.807, 2.05) is 37.3 Å². The molecular formula is C28H26ClN3O6. The highest BCUT2D eigenvalue weighted by Gasteiger charge is 2.35. The highest BCUT2D eigenvalue weighted by atomic mass is 35.5. The fraction of sp³-hybridized carbons (Fsp3) is 0.179.